The Morgan fingerprint density at radius 1 is 1.32 bits per heavy atom. The zero-order valence-electron chi connectivity index (χ0n) is 11.6. The van der Waals surface area contributed by atoms with E-state index in [2.05, 4.69) is 22.2 Å². The highest BCUT2D eigenvalue weighted by Gasteiger charge is 2.07. The van der Waals surface area contributed by atoms with Crippen molar-refractivity contribution in [1.29, 1.82) is 0 Å². The average molecular weight is 257 g/mol. The van der Waals surface area contributed by atoms with Gasteiger partial charge in [0.05, 0.1) is 18.5 Å². The monoisotopic (exact) mass is 257 g/mol. The van der Waals surface area contributed by atoms with Crippen LogP contribution in [0, 0.1) is 6.92 Å². The van der Waals surface area contributed by atoms with E-state index in [0.29, 0.717) is 6.54 Å². The summed E-state index contributed by atoms with van der Waals surface area (Å²) in [6.07, 6.45) is 1.81. The van der Waals surface area contributed by atoms with Crippen molar-refractivity contribution >= 4 is 0 Å². The maximum absolute atomic E-state index is 5.25. The normalized spacial score (nSPS) is 12.2. The highest BCUT2D eigenvalue weighted by atomic mass is 16.5. The molecule has 19 heavy (non-hydrogen) atoms. The van der Waals surface area contributed by atoms with Crippen molar-refractivity contribution in [3.05, 3.63) is 53.6 Å². The molecule has 0 aliphatic carbocycles. The molecule has 1 N–H and O–H groups in total. The number of methoxy groups -OCH3 is 1. The van der Waals surface area contributed by atoms with E-state index in [9.17, 15) is 0 Å². The third kappa shape index (κ3) is 3.76. The van der Waals surface area contributed by atoms with E-state index in [0.717, 1.165) is 22.8 Å². The van der Waals surface area contributed by atoms with Crippen LogP contribution in [0.2, 0.25) is 0 Å². The van der Waals surface area contributed by atoms with Crippen molar-refractivity contribution in [3.63, 3.8) is 0 Å². The molecule has 4 heteroatoms. The fourth-order valence-electron chi connectivity index (χ4n) is 1.91. The van der Waals surface area contributed by atoms with Gasteiger partial charge in [-0.05, 0) is 26.0 Å². The van der Waals surface area contributed by atoms with E-state index in [1.807, 2.05) is 43.5 Å². The number of pyridine rings is 2. The van der Waals surface area contributed by atoms with Crippen LogP contribution in [0.5, 0.6) is 5.75 Å². The highest BCUT2D eigenvalue weighted by molar-refractivity contribution is 5.26. The Morgan fingerprint density at radius 2 is 2.16 bits per heavy atom. The van der Waals surface area contributed by atoms with Gasteiger partial charge in [0.15, 0.2) is 0 Å². The van der Waals surface area contributed by atoms with E-state index < -0.39 is 0 Å². The average Bonchev–Trinajstić information content (AvgIpc) is 2.45. The molecule has 2 rings (SSSR count). The van der Waals surface area contributed by atoms with Crippen LogP contribution in [0.1, 0.15) is 30.0 Å². The quantitative estimate of drug-likeness (QED) is 0.894. The zero-order chi connectivity index (χ0) is 13.7. The van der Waals surface area contributed by atoms with E-state index in [1.54, 1.807) is 7.11 Å². The van der Waals surface area contributed by atoms with Gasteiger partial charge < -0.3 is 10.1 Å². The van der Waals surface area contributed by atoms with Crippen LogP contribution in [0.4, 0.5) is 0 Å². The lowest BCUT2D eigenvalue weighted by molar-refractivity contribution is 0.412. The molecule has 0 amide bonds. The van der Waals surface area contributed by atoms with E-state index >= 15 is 0 Å². The summed E-state index contributed by atoms with van der Waals surface area (Å²) in [6, 6.07) is 9.99. The molecule has 0 radical (unpaired) electrons. The Labute approximate surface area is 113 Å². The molecule has 0 fully saturated rings. The lowest BCUT2D eigenvalue weighted by Crippen LogP contribution is -2.19. The lowest BCUT2D eigenvalue weighted by Gasteiger charge is -2.13. The molecule has 0 bridgehead atoms. The van der Waals surface area contributed by atoms with Gasteiger partial charge in [0.25, 0.3) is 0 Å². The molecule has 0 saturated heterocycles. The summed E-state index contributed by atoms with van der Waals surface area (Å²) >= 11 is 0. The standard InChI is InChI=1S/C15H19N3O/c1-11-8-14(19-3)9-13(18-11)10-17-12(2)15-6-4-5-7-16-15/h4-9,12,17H,10H2,1-3H3. The molecule has 2 heterocycles. The van der Waals surface area contributed by atoms with Crippen LogP contribution in [0.3, 0.4) is 0 Å². The third-order valence-corrected chi connectivity index (χ3v) is 2.94. The largest absolute Gasteiger partial charge is 0.497 e. The molecule has 0 aliphatic rings. The van der Waals surface area contributed by atoms with Crippen molar-refractivity contribution in [1.82, 2.24) is 15.3 Å². The van der Waals surface area contributed by atoms with Crippen molar-refractivity contribution in [2.24, 2.45) is 0 Å². The molecule has 0 spiro atoms. The first-order chi connectivity index (χ1) is 9.19. The van der Waals surface area contributed by atoms with Crippen LogP contribution in [0.15, 0.2) is 36.5 Å². The van der Waals surface area contributed by atoms with Crippen molar-refractivity contribution in [2.75, 3.05) is 7.11 Å². The van der Waals surface area contributed by atoms with E-state index in [1.165, 1.54) is 0 Å². The number of hydrogen-bond donors (Lipinski definition) is 1. The zero-order valence-corrected chi connectivity index (χ0v) is 11.6. The number of rotatable bonds is 5. The SMILES string of the molecule is COc1cc(C)nc(CNC(C)c2ccccn2)c1. The number of ether oxygens (including phenoxy) is 1. The number of nitrogens with one attached hydrogen (secondary N) is 1. The molecule has 2 aromatic rings. The van der Waals surface area contributed by atoms with Crippen LogP contribution in [0.25, 0.3) is 0 Å². The van der Waals surface area contributed by atoms with Crippen LogP contribution >= 0.6 is 0 Å². The second kappa shape index (κ2) is 6.29. The van der Waals surface area contributed by atoms with E-state index in [-0.39, 0.29) is 6.04 Å². The number of hydrogen-bond acceptors (Lipinski definition) is 4. The molecule has 1 unspecified atom stereocenters. The maximum Gasteiger partial charge on any atom is 0.122 e. The van der Waals surface area contributed by atoms with Gasteiger partial charge in [-0.1, -0.05) is 6.07 Å². The van der Waals surface area contributed by atoms with E-state index in [4.69, 9.17) is 4.74 Å². The van der Waals surface area contributed by atoms with Gasteiger partial charge >= 0.3 is 0 Å². The predicted octanol–water partition coefficient (Wildman–Crippen LogP) is 2.64. The molecule has 100 valence electrons. The van der Waals surface area contributed by atoms with Gasteiger partial charge in [-0.15, -0.1) is 0 Å². The Morgan fingerprint density at radius 3 is 2.84 bits per heavy atom. The number of aryl methyl sites for hydroxylation is 1. The minimum atomic E-state index is 0.189. The number of aromatic nitrogens is 2. The first-order valence-corrected chi connectivity index (χ1v) is 6.35. The van der Waals surface area contributed by atoms with Crippen molar-refractivity contribution in [3.8, 4) is 5.75 Å². The van der Waals surface area contributed by atoms with Gasteiger partial charge in [0.2, 0.25) is 0 Å². The molecule has 2 aromatic heterocycles. The highest BCUT2D eigenvalue weighted by Crippen LogP contribution is 2.14. The van der Waals surface area contributed by atoms with Gasteiger partial charge in [0.1, 0.15) is 5.75 Å². The summed E-state index contributed by atoms with van der Waals surface area (Å²) in [5.74, 6) is 0.842. The summed E-state index contributed by atoms with van der Waals surface area (Å²) in [5, 5.41) is 3.41. The minimum Gasteiger partial charge on any atom is -0.497 e. The Hall–Kier alpha value is -1.94. The minimum absolute atomic E-state index is 0.189. The Bertz CT molecular complexity index is 528. The molecule has 0 aliphatic heterocycles. The molecular formula is C15H19N3O. The maximum atomic E-state index is 5.25. The molecule has 4 nitrogen and oxygen atoms in total. The fraction of sp³-hybridized carbons (Fsp3) is 0.333. The van der Waals surface area contributed by atoms with Gasteiger partial charge in [-0.25, -0.2) is 0 Å². The summed E-state index contributed by atoms with van der Waals surface area (Å²) in [7, 11) is 1.67. The second-order valence-corrected chi connectivity index (χ2v) is 4.50. The van der Waals surface area contributed by atoms with Crippen LogP contribution < -0.4 is 10.1 Å². The molecule has 0 aromatic carbocycles. The van der Waals surface area contributed by atoms with Gasteiger partial charge in [0, 0.05) is 36.6 Å². The molecular weight excluding hydrogens is 238 g/mol. The van der Waals surface area contributed by atoms with Crippen LogP contribution in [-0.2, 0) is 6.54 Å². The first-order valence-electron chi connectivity index (χ1n) is 6.35. The Kier molecular flexibility index (Phi) is 4.47. The molecule has 0 saturated carbocycles. The Balaban J connectivity index is 2.01. The summed E-state index contributed by atoms with van der Waals surface area (Å²) in [6.45, 7) is 4.75. The smallest absolute Gasteiger partial charge is 0.122 e. The van der Waals surface area contributed by atoms with Gasteiger partial charge in [-0.2, -0.15) is 0 Å². The fourth-order valence-corrected chi connectivity index (χ4v) is 1.91. The molecule has 1 atom stereocenters. The van der Waals surface area contributed by atoms with Crippen LogP contribution in [-0.4, -0.2) is 17.1 Å². The first kappa shape index (κ1) is 13.5. The van der Waals surface area contributed by atoms with Crippen molar-refractivity contribution in [2.45, 2.75) is 26.4 Å². The summed E-state index contributed by atoms with van der Waals surface area (Å²) in [5.41, 5.74) is 2.96. The summed E-state index contributed by atoms with van der Waals surface area (Å²) in [4.78, 5) is 8.82. The lowest BCUT2D eigenvalue weighted by atomic mass is 10.2. The predicted molar refractivity (Wildman–Crippen MR) is 75.0 cm³/mol. The summed E-state index contributed by atoms with van der Waals surface area (Å²) < 4.78 is 5.25. The van der Waals surface area contributed by atoms with Crippen molar-refractivity contribution < 1.29 is 4.74 Å². The second-order valence-electron chi connectivity index (χ2n) is 4.50. The topological polar surface area (TPSA) is 47.0 Å². The van der Waals surface area contributed by atoms with Gasteiger partial charge in [-0.3, -0.25) is 9.97 Å². The number of nitrogens with zero attached hydrogens (tertiary/aromatic N) is 2. The third-order valence-electron chi connectivity index (χ3n) is 2.94.